The predicted octanol–water partition coefficient (Wildman–Crippen LogP) is 2.89. The van der Waals surface area contributed by atoms with Crippen molar-refractivity contribution in [3.63, 3.8) is 0 Å². The summed E-state index contributed by atoms with van der Waals surface area (Å²) in [5.74, 6) is -0.607. The molecule has 0 aliphatic rings. The number of nitrogens with zero attached hydrogens (tertiary/aromatic N) is 1. The van der Waals surface area contributed by atoms with Gasteiger partial charge in [0.05, 0.1) is 10.9 Å². The summed E-state index contributed by atoms with van der Waals surface area (Å²) >= 11 is 0. The minimum atomic E-state index is -3.97. The molecule has 0 atom stereocenters. The standard InChI is InChI=1S/C11H9ClFNO2S/c1-2-6-14-7-10(17(12,15)16)11-8(13)4-3-5-9(11)14/h2-5,7H,1,6H2. The van der Waals surface area contributed by atoms with Gasteiger partial charge in [-0.05, 0) is 12.1 Å². The number of rotatable bonds is 3. The fourth-order valence-corrected chi connectivity index (χ4v) is 2.80. The lowest BCUT2D eigenvalue weighted by Crippen LogP contribution is -1.92. The highest BCUT2D eigenvalue weighted by Crippen LogP contribution is 2.30. The lowest BCUT2D eigenvalue weighted by atomic mass is 10.2. The van der Waals surface area contributed by atoms with Crippen molar-refractivity contribution in [2.45, 2.75) is 11.4 Å². The Kier molecular flexibility index (Phi) is 2.97. The molecule has 3 nitrogen and oxygen atoms in total. The van der Waals surface area contributed by atoms with E-state index in [1.165, 1.54) is 18.3 Å². The Morgan fingerprint density at radius 1 is 1.47 bits per heavy atom. The molecule has 0 bridgehead atoms. The molecule has 90 valence electrons. The topological polar surface area (TPSA) is 39.1 Å². The zero-order valence-electron chi connectivity index (χ0n) is 8.73. The van der Waals surface area contributed by atoms with E-state index in [9.17, 15) is 12.8 Å². The van der Waals surface area contributed by atoms with Crippen LogP contribution in [0.15, 0.2) is 41.9 Å². The summed E-state index contributed by atoms with van der Waals surface area (Å²) in [6.45, 7) is 3.94. The molecular weight excluding hydrogens is 265 g/mol. The molecule has 0 unspecified atom stereocenters. The molecule has 2 aromatic rings. The van der Waals surface area contributed by atoms with E-state index in [4.69, 9.17) is 10.7 Å². The van der Waals surface area contributed by atoms with Crippen LogP contribution in [0.25, 0.3) is 10.9 Å². The first-order chi connectivity index (χ1) is 7.95. The summed E-state index contributed by atoms with van der Waals surface area (Å²) in [6, 6.07) is 4.35. The summed E-state index contributed by atoms with van der Waals surface area (Å²) in [4.78, 5) is -0.214. The quantitative estimate of drug-likeness (QED) is 0.637. The van der Waals surface area contributed by atoms with Gasteiger partial charge in [-0.1, -0.05) is 12.1 Å². The highest BCUT2D eigenvalue weighted by Gasteiger charge is 2.20. The lowest BCUT2D eigenvalue weighted by molar-refractivity contribution is 0.607. The van der Waals surface area contributed by atoms with Crippen LogP contribution in [0.1, 0.15) is 0 Å². The largest absolute Gasteiger partial charge is 0.342 e. The van der Waals surface area contributed by atoms with Gasteiger partial charge in [0.2, 0.25) is 0 Å². The lowest BCUT2D eigenvalue weighted by Gasteiger charge is -1.99. The molecule has 1 aromatic heterocycles. The minimum Gasteiger partial charge on any atom is -0.342 e. The number of fused-ring (bicyclic) bond motifs is 1. The van der Waals surface area contributed by atoms with Crippen molar-refractivity contribution in [2.75, 3.05) is 0 Å². The van der Waals surface area contributed by atoms with Crippen LogP contribution in [0.5, 0.6) is 0 Å². The summed E-state index contributed by atoms with van der Waals surface area (Å²) in [6.07, 6.45) is 2.91. The van der Waals surface area contributed by atoms with Gasteiger partial charge in [0.1, 0.15) is 10.7 Å². The van der Waals surface area contributed by atoms with Crippen molar-refractivity contribution in [2.24, 2.45) is 0 Å². The van der Waals surface area contributed by atoms with Crippen LogP contribution in [-0.2, 0) is 15.6 Å². The van der Waals surface area contributed by atoms with Crippen molar-refractivity contribution in [3.05, 3.63) is 42.9 Å². The Bertz CT molecular complexity index is 691. The normalized spacial score (nSPS) is 11.9. The maximum atomic E-state index is 13.7. The molecular formula is C11H9ClFNO2S. The van der Waals surface area contributed by atoms with Gasteiger partial charge in [-0.3, -0.25) is 0 Å². The second kappa shape index (κ2) is 4.16. The molecule has 1 heterocycles. The monoisotopic (exact) mass is 273 g/mol. The molecule has 0 spiro atoms. The molecule has 17 heavy (non-hydrogen) atoms. The molecule has 0 saturated heterocycles. The predicted molar refractivity (Wildman–Crippen MR) is 65.1 cm³/mol. The summed E-state index contributed by atoms with van der Waals surface area (Å²) in [7, 11) is 1.32. The first kappa shape index (κ1) is 12.1. The Hall–Kier alpha value is -1.33. The molecule has 6 heteroatoms. The van der Waals surface area contributed by atoms with E-state index in [2.05, 4.69) is 6.58 Å². The Morgan fingerprint density at radius 2 is 2.18 bits per heavy atom. The molecule has 2 rings (SSSR count). The van der Waals surface area contributed by atoms with E-state index in [-0.39, 0.29) is 10.3 Å². The van der Waals surface area contributed by atoms with Gasteiger partial charge in [0, 0.05) is 23.4 Å². The Morgan fingerprint density at radius 3 is 2.76 bits per heavy atom. The zero-order chi connectivity index (χ0) is 12.6. The van der Waals surface area contributed by atoms with Crippen LogP contribution in [0.2, 0.25) is 0 Å². The fraction of sp³-hybridized carbons (Fsp3) is 0.0909. The van der Waals surface area contributed by atoms with Crippen LogP contribution < -0.4 is 0 Å². The average molecular weight is 274 g/mol. The number of allylic oxidation sites excluding steroid dienone is 1. The van der Waals surface area contributed by atoms with Gasteiger partial charge >= 0.3 is 0 Å². The highest BCUT2D eigenvalue weighted by molar-refractivity contribution is 8.14. The van der Waals surface area contributed by atoms with E-state index in [1.807, 2.05) is 0 Å². The molecule has 0 amide bonds. The van der Waals surface area contributed by atoms with E-state index in [1.54, 1.807) is 16.7 Å². The highest BCUT2D eigenvalue weighted by atomic mass is 35.7. The molecule has 0 fully saturated rings. The van der Waals surface area contributed by atoms with Crippen molar-refractivity contribution in [1.82, 2.24) is 4.57 Å². The fourth-order valence-electron chi connectivity index (χ4n) is 1.75. The molecule has 0 saturated carbocycles. The van der Waals surface area contributed by atoms with Crippen LogP contribution in [-0.4, -0.2) is 13.0 Å². The van der Waals surface area contributed by atoms with Crippen LogP contribution >= 0.6 is 10.7 Å². The molecule has 0 aliphatic carbocycles. The zero-order valence-corrected chi connectivity index (χ0v) is 10.3. The van der Waals surface area contributed by atoms with Crippen molar-refractivity contribution >= 4 is 30.6 Å². The maximum Gasteiger partial charge on any atom is 0.263 e. The van der Waals surface area contributed by atoms with Crippen molar-refractivity contribution in [1.29, 1.82) is 0 Å². The Labute approximate surface area is 103 Å². The summed E-state index contributed by atoms with van der Waals surface area (Å²) in [5.41, 5.74) is 0.476. The van der Waals surface area contributed by atoms with E-state index >= 15 is 0 Å². The third kappa shape index (κ3) is 2.08. The van der Waals surface area contributed by atoms with Gasteiger partial charge < -0.3 is 4.57 Å². The first-order valence-electron chi connectivity index (χ1n) is 4.78. The van der Waals surface area contributed by atoms with Crippen LogP contribution in [0.4, 0.5) is 4.39 Å². The molecule has 0 N–H and O–H groups in total. The molecule has 0 radical (unpaired) electrons. The average Bonchev–Trinajstić information content (AvgIpc) is 2.59. The van der Waals surface area contributed by atoms with Gasteiger partial charge in [0.25, 0.3) is 9.05 Å². The number of hydrogen-bond donors (Lipinski definition) is 0. The summed E-state index contributed by atoms with van der Waals surface area (Å²) in [5, 5.41) is 0.0179. The SMILES string of the molecule is C=CCn1cc(S(=O)(=O)Cl)c2c(F)cccc21. The van der Waals surface area contributed by atoms with Gasteiger partial charge in [0.15, 0.2) is 0 Å². The molecule has 0 aliphatic heterocycles. The number of hydrogen-bond acceptors (Lipinski definition) is 2. The second-order valence-electron chi connectivity index (χ2n) is 3.51. The van der Waals surface area contributed by atoms with Gasteiger partial charge in [-0.25, -0.2) is 12.8 Å². The number of aromatic nitrogens is 1. The minimum absolute atomic E-state index is 0.0179. The van der Waals surface area contributed by atoms with Crippen molar-refractivity contribution < 1.29 is 12.8 Å². The summed E-state index contributed by atoms with van der Waals surface area (Å²) < 4.78 is 38.0. The number of benzene rings is 1. The number of halogens is 2. The van der Waals surface area contributed by atoms with Gasteiger partial charge in [-0.15, -0.1) is 6.58 Å². The van der Waals surface area contributed by atoms with Crippen molar-refractivity contribution in [3.8, 4) is 0 Å². The third-order valence-corrected chi connectivity index (χ3v) is 3.74. The smallest absolute Gasteiger partial charge is 0.263 e. The van der Waals surface area contributed by atoms with E-state index in [0.29, 0.717) is 12.1 Å². The second-order valence-corrected chi connectivity index (χ2v) is 6.04. The first-order valence-corrected chi connectivity index (χ1v) is 7.09. The van der Waals surface area contributed by atoms with Gasteiger partial charge in [-0.2, -0.15) is 0 Å². The maximum absolute atomic E-state index is 13.7. The van der Waals surface area contributed by atoms with E-state index in [0.717, 1.165) is 0 Å². The van der Waals surface area contributed by atoms with Crippen LogP contribution in [0, 0.1) is 5.82 Å². The third-order valence-electron chi connectivity index (χ3n) is 2.41. The van der Waals surface area contributed by atoms with Crippen LogP contribution in [0.3, 0.4) is 0 Å². The van der Waals surface area contributed by atoms with E-state index < -0.39 is 14.9 Å². The molecule has 1 aromatic carbocycles. The Balaban J connectivity index is 2.90.